The predicted octanol–water partition coefficient (Wildman–Crippen LogP) is 6.73. The molecule has 2 aromatic carbocycles. The number of hydrogen-bond acceptors (Lipinski definition) is 0. The van der Waals surface area contributed by atoms with Crippen molar-refractivity contribution in [2.24, 2.45) is 0 Å². The molecule has 2 heteroatoms. The van der Waals surface area contributed by atoms with Crippen LogP contribution < -0.4 is 10.6 Å². The Kier molecular flexibility index (Phi) is 8.39. The first-order valence-electron chi connectivity index (χ1n) is 10.1. The van der Waals surface area contributed by atoms with Gasteiger partial charge >= 0.3 is 0 Å². The van der Waals surface area contributed by atoms with E-state index in [1.54, 1.807) is 10.6 Å². The van der Waals surface area contributed by atoms with E-state index in [0.717, 1.165) is 5.28 Å². The Labute approximate surface area is 157 Å². The van der Waals surface area contributed by atoms with Gasteiger partial charge in [-0.05, 0) is 23.8 Å². The van der Waals surface area contributed by atoms with Crippen LogP contribution >= 0.6 is 7.92 Å². The first-order valence-corrected chi connectivity index (χ1v) is 14.2. The molecule has 1 unspecified atom stereocenters. The Hall–Kier alpha value is -0.913. The summed E-state index contributed by atoms with van der Waals surface area (Å²) in [5.74, 6) is 0. The van der Waals surface area contributed by atoms with Crippen LogP contribution in [0.2, 0.25) is 18.1 Å². The van der Waals surface area contributed by atoms with Crippen LogP contribution in [0.1, 0.15) is 47.0 Å². The molecule has 0 aliphatic heterocycles. The van der Waals surface area contributed by atoms with Gasteiger partial charge in [0.15, 0.2) is 0 Å². The normalized spacial score (nSPS) is 13.2. The number of benzene rings is 2. The van der Waals surface area contributed by atoms with Gasteiger partial charge in [0.05, 0.1) is 8.07 Å². The molecule has 2 aromatic rings. The minimum absolute atomic E-state index is 0.273. The van der Waals surface area contributed by atoms with Crippen LogP contribution in [0.25, 0.3) is 0 Å². The van der Waals surface area contributed by atoms with Crippen LogP contribution in [0.3, 0.4) is 0 Å². The first kappa shape index (κ1) is 20.4. The van der Waals surface area contributed by atoms with Crippen LogP contribution in [0.5, 0.6) is 0 Å². The third-order valence-corrected chi connectivity index (χ3v) is 16.7. The second-order valence-electron chi connectivity index (χ2n) is 7.33. The molecule has 0 N–H and O–H groups in total. The Bertz CT molecular complexity index is 539. The van der Waals surface area contributed by atoms with Gasteiger partial charge in [0.2, 0.25) is 0 Å². The van der Waals surface area contributed by atoms with Gasteiger partial charge in [-0.1, -0.05) is 126 Å². The van der Waals surface area contributed by atoms with Crippen molar-refractivity contribution in [1.82, 2.24) is 0 Å². The highest BCUT2D eigenvalue weighted by Crippen LogP contribution is 2.48. The molecule has 25 heavy (non-hydrogen) atoms. The topological polar surface area (TPSA) is 0 Å². The second kappa shape index (κ2) is 10.3. The zero-order chi connectivity index (χ0) is 18.1. The Morgan fingerprint density at radius 2 is 1.04 bits per heavy atom. The minimum atomic E-state index is -1.30. The minimum Gasteiger partial charge on any atom is -0.0656 e. The van der Waals surface area contributed by atoms with E-state index in [0.29, 0.717) is 0 Å². The molecule has 0 saturated carbocycles. The van der Waals surface area contributed by atoms with Crippen molar-refractivity contribution in [1.29, 1.82) is 0 Å². The maximum Gasteiger partial charge on any atom is 0.0615 e. The zero-order valence-corrected chi connectivity index (χ0v) is 18.4. The lowest BCUT2D eigenvalue weighted by Gasteiger charge is -2.42. The van der Waals surface area contributed by atoms with E-state index in [1.165, 1.54) is 37.4 Å². The van der Waals surface area contributed by atoms with Crippen molar-refractivity contribution < 1.29 is 0 Å². The Morgan fingerprint density at radius 1 is 0.680 bits per heavy atom. The van der Waals surface area contributed by atoms with Gasteiger partial charge in [-0.15, -0.1) is 0 Å². The average Bonchev–Trinajstić information content (AvgIpc) is 2.64. The third kappa shape index (κ3) is 5.05. The van der Waals surface area contributed by atoms with Crippen LogP contribution in [0, 0.1) is 0 Å². The molecular formula is C23H35PSi. The Balaban J connectivity index is 2.50. The van der Waals surface area contributed by atoms with Crippen LogP contribution in [-0.2, 0) is 0 Å². The standard InChI is InChI=1S/C23H35PSi/c1-5-18-25(19-6-2,20-7-3)21(4)24(22-14-10-8-11-15-22)23-16-12-9-13-17-23/h8-17,21H,5-7,18-20H2,1-4H3. The molecule has 0 aliphatic carbocycles. The fraction of sp³-hybridized carbons (Fsp3) is 0.478. The molecule has 0 aromatic heterocycles. The summed E-state index contributed by atoms with van der Waals surface area (Å²) in [6.45, 7) is 9.80. The van der Waals surface area contributed by atoms with Crippen molar-refractivity contribution in [3.8, 4) is 0 Å². The lowest BCUT2D eigenvalue weighted by molar-refractivity contribution is 0.900. The summed E-state index contributed by atoms with van der Waals surface area (Å²) in [5, 5.41) is 3.97. The van der Waals surface area contributed by atoms with E-state index in [1.807, 2.05) is 0 Å². The first-order chi connectivity index (χ1) is 12.2. The van der Waals surface area contributed by atoms with Gasteiger partial charge in [-0.2, -0.15) is 0 Å². The van der Waals surface area contributed by atoms with E-state index >= 15 is 0 Å². The van der Waals surface area contributed by atoms with Gasteiger partial charge in [0.1, 0.15) is 0 Å². The lowest BCUT2D eigenvalue weighted by atomic mass is 10.4. The molecule has 1 atom stereocenters. The number of rotatable bonds is 10. The lowest BCUT2D eigenvalue weighted by Crippen LogP contribution is -2.47. The van der Waals surface area contributed by atoms with Crippen molar-refractivity contribution in [3.63, 3.8) is 0 Å². The third-order valence-electron chi connectivity index (χ3n) is 5.59. The van der Waals surface area contributed by atoms with Crippen molar-refractivity contribution in [2.75, 3.05) is 0 Å². The smallest absolute Gasteiger partial charge is 0.0615 e. The largest absolute Gasteiger partial charge is 0.0656 e. The highest BCUT2D eigenvalue weighted by atomic mass is 31.1. The summed E-state index contributed by atoms with van der Waals surface area (Å²) in [6.07, 6.45) is 4.05. The zero-order valence-electron chi connectivity index (χ0n) is 16.5. The van der Waals surface area contributed by atoms with E-state index < -0.39 is 8.07 Å². The number of hydrogen-bond donors (Lipinski definition) is 0. The van der Waals surface area contributed by atoms with E-state index in [2.05, 4.69) is 88.4 Å². The molecule has 136 valence electrons. The van der Waals surface area contributed by atoms with Gasteiger partial charge in [-0.25, -0.2) is 0 Å². The van der Waals surface area contributed by atoms with E-state index in [4.69, 9.17) is 0 Å². The molecule has 0 aliphatic rings. The van der Waals surface area contributed by atoms with Crippen molar-refractivity contribution in [3.05, 3.63) is 60.7 Å². The highest BCUT2D eigenvalue weighted by molar-refractivity contribution is 7.75. The summed E-state index contributed by atoms with van der Waals surface area (Å²) in [5.41, 5.74) is 0. The van der Waals surface area contributed by atoms with E-state index in [-0.39, 0.29) is 7.92 Å². The van der Waals surface area contributed by atoms with Crippen LogP contribution in [0.4, 0.5) is 0 Å². The molecule has 0 saturated heterocycles. The maximum absolute atomic E-state index is 2.61. The highest BCUT2D eigenvalue weighted by Gasteiger charge is 2.40. The summed E-state index contributed by atoms with van der Waals surface area (Å²) >= 11 is 0. The quantitative estimate of drug-likeness (QED) is 0.321. The molecule has 0 bridgehead atoms. The van der Waals surface area contributed by atoms with E-state index in [9.17, 15) is 0 Å². The van der Waals surface area contributed by atoms with Gasteiger partial charge < -0.3 is 0 Å². The predicted molar refractivity (Wildman–Crippen MR) is 120 cm³/mol. The molecule has 0 fully saturated rings. The second-order valence-corrected chi connectivity index (χ2v) is 15.5. The average molecular weight is 371 g/mol. The fourth-order valence-electron chi connectivity index (χ4n) is 4.54. The molecule has 0 amide bonds. The van der Waals surface area contributed by atoms with Gasteiger partial charge in [0.25, 0.3) is 0 Å². The Morgan fingerprint density at radius 3 is 1.36 bits per heavy atom. The monoisotopic (exact) mass is 370 g/mol. The molecule has 0 heterocycles. The van der Waals surface area contributed by atoms with Crippen LogP contribution in [0.15, 0.2) is 60.7 Å². The van der Waals surface area contributed by atoms with Crippen molar-refractivity contribution >= 4 is 26.6 Å². The maximum atomic E-state index is 2.61. The summed E-state index contributed by atoms with van der Waals surface area (Å²) in [7, 11) is -1.57. The SMILES string of the molecule is CCC[Si](CCC)(CCC)C(C)P(c1ccccc1)c1ccccc1. The summed E-state index contributed by atoms with van der Waals surface area (Å²) in [4.78, 5) is 0. The fourth-order valence-corrected chi connectivity index (χ4v) is 16.0. The molecule has 2 rings (SSSR count). The summed E-state index contributed by atoms with van der Waals surface area (Å²) < 4.78 is 0. The van der Waals surface area contributed by atoms with Gasteiger partial charge in [-0.3, -0.25) is 0 Å². The molecular weight excluding hydrogens is 335 g/mol. The van der Waals surface area contributed by atoms with Gasteiger partial charge in [0, 0.05) is 0 Å². The van der Waals surface area contributed by atoms with Crippen molar-refractivity contribution in [2.45, 2.75) is 70.4 Å². The molecule has 0 nitrogen and oxygen atoms in total. The molecule has 0 spiro atoms. The summed E-state index contributed by atoms with van der Waals surface area (Å²) in [6, 6.07) is 27.2. The molecule has 0 radical (unpaired) electrons. The van der Waals surface area contributed by atoms with Crippen LogP contribution in [-0.4, -0.2) is 13.4 Å².